The van der Waals surface area contributed by atoms with Crippen LogP contribution in [-0.2, 0) is 49.0 Å². The first kappa shape index (κ1) is 25.5. The highest BCUT2D eigenvalue weighted by atomic mass is 32.1. The van der Waals surface area contributed by atoms with E-state index in [4.69, 9.17) is 18.9 Å². The molecule has 2 heterocycles. The summed E-state index contributed by atoms with van der Waals surface area (Å²) in [6.45, 7) is 5.83. The smallest absolute Gasteiger partial charge is 0.330 e. The number of carbonyl (C=O) groups is 4. The zero-order valence-electron chi connectivity index (χ0n) is 18.4. The van der Waals surface area contributed by atoms with Crippen LogP contribution in [0.2, 0.25) is 0 Å². The van der Waals surface area contributed by atoms with Crippen LogP contribution >= 0.6 is 22.7 Å². The van der Waals surface area contributed by atoms with E-state index >= 15 is 0 Å². The van der Waals surface area contributed by atoms with Gasteiger partial charge in [0.15, 0.2) is 0 Å². The minimum absolute atomic E-state index is 0.0757. The molecule has 0 aliphatic rings. The van der Waals surface area contributed by atoms with Crippen LogP contribution in [0.4, 0.5) is 0 Å². The number of carbonyl (C=O) groups excluding carboxylic acids is 4. The Bertz CT molecular complexity index is 806. The lowest BCUT2D eigenvalue weighted by atomic mass is 9.57. The number of thiophene rings is 2. The van der Waals surface area contributed by atoms with Gasteiger partial charge in [0, 0.05) is 0 Å². The molecular weight excluding hydrogens is 456 g/mol. The summed E-state index contributed by atoms with van der Waals surface area (Å²) in [7, 11) is 0. The molecule has 0 unspecified atom stereocenters. The Kier molecular flexibility index (Phi) is 8.97. The molecule has 0 aromatic carbocycles. The van der Waals surface area contributed by atoms with Crippen LogP contribution in [0.5, 0.6) is 0 Å². The van der Waals surface area contributed by atoms with Gasteiger partial charge in [-0.25, -0.2) is 0 Å². The zero-order chi connectivity index (χ0) is 23.8. The molecule has 2 aromatic heterocycles. The molecule has 0 saturated carbocycles. The first-order chi connectivity index (χ1) is 15.4. The van der Waals surface area contributed by atoms with Crippen LogP contribution in [0.25, 0.3) is 0 Å². The van der Waals surface area contributed by atoms with E-state index in [-0.39, 0.29) is 37.6 Å². The quantitative estimate of drug-likeness (QED) is 0.273. The molecule has 0 radical (unpaired) electrons. The van der Waals surface area contributed by atoms with Crippen molar-refractivity contribution in [1.82, 2.24) is 0 Å². The van der Waals surface area contributed by atoms with Crippen molar-refractivity contribution < 1.29 is 38.1 Å². The molecule has 32 heavy (non-hydrogen) atoms. The van der Waals surface area contributed by atoms with Crippen molar-refractivity contribution in [3.8, 4) is 0 Å². The van der Waals surface area contributed by atoms with Crippen molar-refractivity contribution in [1.29, 1.82) is 0 Å². The third-order valence-corrected chi connectivity index (χ3v) is 6.16. The van der Waals surface area contributed by atoms with Crippen molar-refractivity contribution >= 4 is 46.6 Å². The molecule has 0 aliphatic carbocycles. The Balaban J connectivity index is 3.12. The van der Waals surface area contributed by atoms with Gasteiger partial charge in [-0.3, -0.25) is 19.2 Å². The van der Waals surface area contributed by atoms with Gasteiger partial charge in [-0.1, -0.05) is 0 Å². The van der Waals surface area contributed by atoms with E-state index in [0.29, 0.717) is 0 Å². The summed E-state index contributed by atoms with van der Waals surface area (Å²) < 4.78 is 21.2. The molecule has 2 rings (SSSR count). The Morgan fingerprint density at radius 1 is 0.625 bits per heavy atom. The maximum absolute atomic E-state index is 13.7. The predicted molar refractivity (Wildman–Crippen MR) is 119 cm³/mol. The van der Waals surface area contributed by atoms with E-state index in [0.717, 1.165) is 0 Å². The Morgan fingerprint density at radius 2 is 0.906 bits per heavy atom. The molecule has 0 saturated heterocycles. The monoisotopic (exact) mass is 482 g/mol. The van der Waals surface area contributed by atoms with E-state index in [1.807, 2.05) is 0 Å². The fourth-order valence-electron chi connectivity index (χ4n) is 3.60. The van der Waals surface area contributed by atoms with Gasteiger partial charge < -0.3 is 18.9 Å². The summed E-state index contributed by atoms with van der Waals surface area (Å²) in [5.74, 6) is -4.43. The molecule has 10 heteroatoms. The number of esters is 4. The highest BCUT2D eigenvalue weighted by molar-refractivity contribution is 7.08. The van der Waals surface area contributed by atoms with Crippen LogP contribution in [-0.4, -0.2) is 50.3 Å². The van der Waals surface area contributed by atoms with E-state index in [2.05, 4.69) is 0 Å². The summed E-state index contributed by atoms with van der Waals surface area (Å²) in [5.41, 5.74) is -4.91. The second kappa shape index (κ2) is 11.2. The predicted octanol–water partition coefficient (Wildman–Crippen LogP) is 3.24. The zero-order valence-corrected chi connectivity index (χ0v) is 20.0. The lowest BCUT2D eigenvalue weighted by molar-refractivity contribution is -0.186. The minimum atomic E-state index is -2.53. The highest BCUT2D eigenvalue weighted by Gasteiger charge is 2.75. The van der Waals surface area contributed by atoms with Gasteiger partial charge in [0.2, 0.25) is 10.8 Å². The summed E-state index contributed by atoms with van der Waals surface area (Å²) in [6.07, 6.45) is 0. The van der Waals surface area contributed by atoms with Gasteiger partial charge >= 0.3 is 23.9 Å². The maximum atomic E-state index is 13.7. The Labute approximate surface area is 194 Å². The topological polar surface area (TPSA) is 105 Å². The highest BCUT2D eigenvalue weighted by Crippen LogP contribution is 2.50. The minimum Gasteiger partial charge on any atom is -0.465 e. The number of rotatable bonds is 11. The fraction of sp³-hybridized carbons (Fsp3) is 0.455. The molecule has 8 nitrogen and oxygen atoms in total. The first-order valence-corrected chi connectivity index (χ1v) is 12.0. The molecule has 0 N–H and O–H groups in total. The van der Waals surface area contributed by atoms with Gasteiger partial charge in [0.25, 0.3) is 0 Å². The number of hydrogen-bond acceptors (Lipinski definition) is 10. The fourth-order valence-corrected chi connectivity index (χ4v) is 5.01. The second-order valence-electron chi connectivity index (χ2n) is 6.41. The van der Waals surface area contributed by atoms with Crippen LogP contribution in [0.1, 0.15) is 38.8 Å². The lowest BCUT2D eigenvalue weighted by Gasteiger charge is -2.42. The van der Waals surface area contributed by atoms with Crippen molar-refractivity contribution in [2.75, 3.05) is 26.4 Å². The van der Waals surface area contributed by atoms with E-state index in [1.165, 1.54) is 45.6 Å². The lowest BCUT2D eigenvalue weighted by Crippen LogP contribution is -2.68. The largest absolute Gasteiger partial charge is 0.465 e. The van der Waals surface area contributed by atoms with Crippen molar-refractivity contribution in [3.05, 3.63) is 44.8 Å². The average Bonchev–Trinajstić information content (AvgIpc) is 3.47. The van der Waals surface area contributed by atoms with Gasteiger partial charge in [0.1, 0.15) is 0 Å². The molecule has 0 fully saturated rings. The average molecular weight is 483 g/mol. The van der Waals surface area contributed by atoms with Gasteiger partial charge in [-0.15, -0.1) is 0 Å². The summed E-state index contributed by atoms with van der Waals surface area (Å²) in [5, 5.41) is 6.26. The van der Waals surface area contributed by atoms with Gasteiger partial charge in [-0.2, -0.15) is 22.7 Å². The maximum Gasteiger partial charge on any atom is 0.330 e. The van der Waals surface area contributed by atoms with Crippen LogP contribution in [0, 0.1) is 0 Å². The molecule has 0 amide bonds. The van der Waals surface area contributed by atoms with Crippen molar-refractivity contribution in [2.45, 2.75) is 38.5 Å². The Morgan fingerprint density at radius 3 is 1.09 bits per heavy atom. The van der Waals surface area contributed by atoms with Crippen molar-refractivity contribution in [2.24, 2.45) is 0 Å². The van der Waals surface area contributed by atoms with Crippen LogP contribution in [0.3, 0.4) is 0 Å². The molecule has 0 aliphatic heterocycles. The molecule has 174 valence electrons. The van der Waals surface area contributed by atoms with E-state index in [9.17, 15) is 19.2 Å². The third kappa shape index (κ3) is 4.04. The third-order valence-electron chi connectivity index (χ3n) is 4.80. The van der Waals surface area contributed by atoms with Gasteiger partial charge in [0.05, 0.1) is 26.4 Å². The van der Waals surface area contributed by atoms with E-state index < -0.39 is 34.7 Å². The molecule has 0 bridgehead atoms. The molecular formula is C22H26O8S2. The summed E-state index contributed by atoms with van der Waals surface area (Å²) in [4.78, 5) is 54.8. The molecule has 2 aromatic rings. The van der Waals surface area contributed by atoms with Crippen LogP contribution in [0.15, 0.2) is 33.7 Å². The number of ether oxygens (including phenoxy) is 4. The van der Waals surface area contributed by atoms with Gasteiger partial charge in [-0.05, 0) is 72.5 Å². The van der Waals surface area contributed by atoms with Crippen molar-refractivity contribution in [3.63, 3.8) is 0 Å². The second-order valence-corrected chi connectivity index (χ2v) is 7.97. The molecule has 0 spiro atoms. The molecule has 0 atom stereocenters. The standard InChI is InChI=1S/C22H26O8S2/c1-5-27-17(23)21(18(24)28-6-2,15-9-11-31-13-15)22(19(25)29-7-3,20(26)30-8-4)16-10-12-32-14-16/h9-14H,5-8H2,1-4H3. The Hall–Kier alpha value is -2.72. The summed E-state index contributed by atoms with van der Waals surface area (Å²) >= 11 is 2.37. The normalized spacial score (nSPS) is 11.5. The SMILES string of the molecule is CCOC(=O)C(C(=O)OCC)(c1ccsc1)C(C(=O)OCC)(C(=O)OCC)c1ccsc1. The van der Waals surface area contributed by atoms with E-state index in [1.54, 1.807) is 38.5 Å². The van der Waals surface area contributed by atoms with Crippen LogP contribution < -0.4 is 0 Å². The number of hydrogen-bond donors (Lipinski definition) is 0. The first-order valence-electron chi connectivity index (χ1n) is 10.1. The summed E-state index contributed by atoms with van der Waals surface area (Å²) in [6, 6.07) is 2.97.